The van der Waals surface area contributed by atoms with Gasteiger partial charge in [-0.2, -0.15) is 13.2 Å². The first-order valence-corrected chi connectivity index (χ1v) is 4.25. The second kappa shape index (κ2) is 3.11. The van der Waals surface area contributed by atoms with E-state index in [-0.39, 0.29) is 5.56 Å². The Morgan fingerprint density at radius 3 is 2.00 bits per heavy atom. The fourth-order valence-corrected chi connectivity index (χ4v) is 1.35. The summed E-state index contributed by atoms with van der Waals surface area (Å²) in [5.41, 5.74) is 2.29. The molecule has 15 heavy (non-hydrogen) atoms. The van der Waals surface area contributed by atoms with E-state index in [0.29, 0.717) is 5.75 Å². The molecular formula is C9H9F3N2O. The van der Waals surface area contributed by atoms with Crippen molar-refractivity contribution >= 4 is 0 Å². The number of alkyl halides is 3. The van der Waals surface area contributed by atoms with Crippen LogP contribution in [0.4, 0.5) is 13.2 Å². The largest absolute Gasteiger partial charge is 0.497 e. The maximum Gasteiger partial charge on any atom is 0.426 e. The monoisotopic (exact) mass is 218 g/mol. The second-order valence-corrected chi connectivity index (χ2v) is 3.23. The van der Waals surface area contributed by atoms with Crippen molar-refractivity contribution < 1.29 is 17.9 Å². The minimum absolute atomic E-state index is 0.121. The van der Waals surface area contributed by atoms with Crippen molar-refractivity contribution in [2.24, 2.45) is 0 Å². The van der Waals surface area contributed by atoms with Gasteiger partial charge in [0.15, 0.2) is 0 Å². The molecule has 1 fully saturated rings. The van der Waals surface area contributed by atoms with Gasteiger partial charge in [0, 0.05) is 0 Å². The van der Waals surface area contributed by atoms with E-state index in [1.54, 1.807) is 0 Å². The minimum atomic E-state index is -4.36. The molecule has 0 aliphatic carbocycles. The number of halogens is 3. The number of hydrazine groups is 1. The molecule has 0 amide bonds. The van der Waals surface area contributed by atoms with Gasteiger partial charge < -0.3 is 4.74 Å². The molecule has 0 saturated carbocycles. The average molecular weight is 218 g/mol. The van der Waals surface area contributed by atoms with Gasteiger partial charge in [-0.1, -0.05) is 12.1 Å². The van der Waals surface area contributed by atoms with Crippen LogP contribution in [0.5, 0.6) is 5.75 Å². The quantitative estimate of drug-likeness (QED) is 0.740. The Hall–Kier alpha value is -1.27. The fraction of sp³-hybridized carbons (Fsp3) is 0.333. The molecule has 1 heterocycles. The van der Waals surface area contributed by atoms with Gasteiger partial charge in [0.05, 0.1) is 7.11 Å². The van der Waals surface area contributed by atoms with Crippen molar-refractivity contribution in [1.82, 2.24) is 10.9 Å². The highest BCUT2D eigenvalue weighted by Crippen LogP contribution is 2.42. The number of rotatable bonds is 2. The molecule has 82 valence electrons. The van der Waals surface area contributed by atoms with Gasteiger partial charge in [0.25, 0.3) is 0 Å². The topological polar surface area (TPSA) is 53.1 Å². The molecule has 1 saturated heterocycles. The number of benzene rings is 1. The first-order chi connectivity index (χ1) is 6.99. The maximum absolute atomic E-state index is 12.6. The van der Waals surface area contributed by atoms with Crippen molar-refractivity contribution in [2.75, 3.05) is 7.11 Å². The van der Waals surface area contributed by atoms with Crippen LogP contribution in [0.3, 0.4) is 0 Å². The van der Waals surface area contributed by atoms with Crippen LogP contribution in [0.15, 0.2) is 24.3 Å². The lowest BCUT2D eigenvalue weighted by molar-refractivity contribution is -0.165. The second-order valence-electron chi connectivity index (χ2n) is 3.23. The Balaban J connectivity index is 2.30. The van der Waals surface area contributed by atoms with Crippen LogP contribution in [0.1, 0.15) is 5.56 Å². The zero-order valence-corrected chi connectivity index (χ0v) is 7.85. The summed E-state index contributed by atoms with van der Waals surface area (Å²) < 4.78 is 42.7. The molecule has 1 aromatic carbocycles. The Morgan fingerprint density at radius 1 is 1.13 bits per heavy atom. The lowest BCUT2D eigenvalue weighted by atomic mass is 10.0. The van der Waals surface area contributed by atoms with Crippen LogP contribution in [0, 0.1) is 0 Å². The van der Waals surface area contributed by atoms with E-state index in [2.05, 4.69) is 10.9 Å². The zero-order chi connectivity index (χ0) is 11.1. The molecule has 1 aliphatic rings. The Morgan fingerprint density at radius 2 is 1.67 bits per heavy atom. The summed E-state index contributed by atoms with van der Waals surface area (Å²) in [6.45, 7) is 0. The van der Waals surface area contributed by atoms with E-state index < -0.39 is 11.8 Å². The molecule has 0 radical (unpaired) electrons. The molecule has 0 spiro atoms. The van der Waals surface area contributed by atoms with Crippen LogP contribution < -0.4 is 15.6 Å². The maximum atomic E-state index is 12.6. The van der Waals surface area contributed by atoms with Crippen LogP contribution in [-0.2, 0) is 5.66 Å². The van der Waals surface area contributed by atoms with E-state index in [9.17, 15) is 13.2 Å². The van der Waals surface area contributed by atoms with Crippen molar-refractivity contribution in [2.45, 2.75) is 11.8 Å². The summed E-state index contributed by atoms with van der Waals surface area (Å²) >= 11 is 0. The van der Waals surface area contributed by atoms with Gasteiger partial charge in [-0.15, -0.1) is 0 Å². The molecule has 1 aromatic rings. The van der Waals surface area contributed by atoms with Gasteiger partial charge in [-0.05, 0) is 17.7 Å². The first kappa shape index (κ1) is 10.3. The summed E-state index contributed by atoms with van der Waals surface area (Å²) in [4.78, 5) is 0. The number of methoxy groups -OCH3 is 1. The van der Waals surface area contributed by atoms with Crippen molar-refractivity contribution in [3.05, 3.63) is 29.8 Å². The zero-order valence-electron chi connectivity index (χ0n) is 7.85. The van der Waals surface area contributed by atoms with E-state index in [4.69, 9.17) is 4.74 Å². The SMILES string of the molecule is COc1ccc(C2(C(F)(F)F)NN2)cc1. The molecule has 3 nitrogen and oxygen atoms in total. The summed E-state index contributed by atoms with van der Waals surface area (Å²) in [6.07, 6.45) is -4.36. The average Bonchev–Trinajstić information content (AvgIpc) is 2.98. The summed E-state index contributed by atoms with van der Waals surface area (Å²) in [5, 5.41) is 0. The number of hydrogen-bond donors (Lipinski definition) is 2. The van der Waals surface area contributed by atoms with E-state index in [0.717, 1.165) is 0 Å². The van der Waals surface area contributed by atoms with Crippen LogP contribution in [-0.4, -0.2) is 13.3 Å². The van der Waals surface area contributed by atoms with Gasteiger partial charge >= 0.3 is 6.18 Å². The number of nitrogens with one attached hydrogen (secondary N) is 2. The van der Waals surface area contributed by atoms with E-state index >= 15 is 0 Å². The smallest absolute Gasteiger partial charge is 0.426 e. The molecule has 0 unspecified atom stereocenters. The first-order valence-electron chi connectivity index (χ1n) is 4.25. The lowest BCUT2D eigenvalue weighted by Crippen LogP contribution is -2.34. The predicted octanol–water partition coefficient (Wildman–Crippen LogP) is 1.52. The van der Waals surface area contributed by atoms with Crippen LogP contribution in [0.25, 0.3) is 0 Å². The molecular weight excluding hydrogens is 209 g/mol. The summed E-state index contributed by atoms with van der Waals surface area (Å²) in [5.74, 6) is 0.525. The Labute approximate surface area is 84.2 Å². The molecule has 1 aliphatic heterocycles. The Kier molecular flexibility index (Phi) is 2.13. The molecule has 0 aromatic heterocycles. The van der Waals surface area contributed by atoms with Gasteiger partial charge in [0.1, 0.15) is 5.75 Å². The van der Waals surface area contributed by atoms with Crippen molar-refractivity contribution in [1.29, 1.82) is 0 Å². The highest BCUT2D eigenvalue weighted by Gasteiger charge is 2.65. The standard InChI is InChI=1S/C9H9F3N2O/c1-15-7-4-2-6(3-5-7)8(13-14-8)9(10,11)12/h2-5,13-14H,1H3. The summed E-state index contributed by atoms with van der Waals surface area (Å²) in [7, 11) is 1.46. The van der Waals surface area contributed by atoms with Crippen LogP contribution >= 0.6 is 0 Å². The van der Waals surface area contributed by atoms with Gasteiger partial charge in [-0.3, -0.25) is 0 Å². The molecule has 2 rings (SSSR count). The Bertz CT molecular complexity index is 357. The third-order valence-corrected chi connectivity index (χ3v) is 2.32. The predicted molar refractivity (Wildman–Crippen MR) is 47.0 cm³/mol. The summed E-state index contributed by atoms with van der Waals surface area (Å²) in [6, 6.07) is 5.73. The number of hydrogen-bond acceptors (Lipinski definition) is 3. The molecule has 6 heteroatoms. The van der Waals surface area contributed by atoms with Gasteiger partial charge in [0.2, 0.25) is 5.66 Å². The fourth-order valence-electron chi connectivity index (χ4n) is 1.35. The third kappa shape index (κ3) is 1.55. The van der Waals surface area contributed by atoms with Crippen LogP contribution in [0.2, 0.25) is 0 Å². The van der Waals surface area contributed by atoms with E-state index in [1.807, 2.05) is 0 Å². The minimum Gasteiger partial charge on any atom is -0.497 e. The van der Waals surface area contributed by atoms with Crippen molar-refractivity contribution in [3.63, 3.8) is 0 Å². The van der Waals surface area contributed by atoms with E-state index in [1.165, 1.54) is 31.4 Å². The number of ether oxygens (including phenoxy) is 1. The van der Waals surface area contributed by atoms with Gasteiger partial charge in [-0.25, -0.2) is 10.9 Å². The highest BCUT2D eigenvalue weighted by atomic mass is 19.4. The normalized spacial score (nSPS) is 18.7. The molecule has 2 N–H and O–H groups in total. The molecule has 0 bridgehead atoms. The highest BCUT2D eigenvalue weighted by molar-refractivity contribution is 5.35. The lowest BCUT2D eigenvalue weighted by Gasteiger charge is -2.16. The van der Waals surface area contributed by atoms with Crippen molar-refractivity contribution in [3.8, 4) is 5.75 Å². The molecule has 0 atom stereocenters. The third-order valence-electron chi connectivity index (χ3n) is 2.32.